The summed E-state index contributed by atoms with van der Waals surface area (Å²) in [6.45, 7) is 2.67. The molecular formula is C19H20ClN5O. The van der Waals surface area contributed by atoms with Crippen LogP contribution in [0.25, 0.3) is 0 Å². The van der Waals surface area contributed by atoms with E-state index in [4.69, 9.17) is 32.9 Å². The second-order valence-electron chi connectivity index (χ2n) is 5.86. The van der Waals surface area contributed by atoms with E-state index in [2.05, 4.69) is 4.99 Å². The molecule has 0 atom stereocenters. The first kappa shape index (κ1) is 18.1. The Balaban J connectivity index is 2.16. The monoisotopic (exact) mass is 369 g/mol. The highest BCUT2D eigenvalue weighted by molar-refractivity contribution is 6.31. The van der Waals surface area contributed by atoms with Crippen molar-refractivity contribution < 1.29 is 4.74 Å². The number of amidine groups is 2. The summed E-state index contributed by atoms with van der Waals surface area (Å²) in [6, 6.07) is 13.0. The largest absolute Gasteiger partial charge is 0.492 e. The van der Waals surface area contributed by atoms with E-state index in [1.807, 2.05) is 42.5 Å². The van der Waals surface area contributed by atoms with E-state index in [0.29, 0.717) is 23.9 Å². The molecular weight excluding hydrogens is 350 g/mol. The van der Waals surface area contributed by atoms with E-state index in [-0.39, 0.29) is 18.2 Å². The highest BCUT2D eigenvalue weighted by Gasteiger charge is 2.25. The van der Waals surface area contributed by atoms with Gasteiger partial charge in [-0.3, -0.25) is 20.7 Å². The average Bonchev–Trinajstić information content (AvgIpc) is 2.76. The van der Waals surface area contributed by atoms with Crippen LogP contribution in [-0.4, -0.2) is 37.1 Å². The molecule has 134 valence electrons. The van der Waals surface area contributed by atoms with Gasteiger partial charge in [-0.25, -0.2) is 0 Å². The summed E-state index contributed by atoms with van der Waals surface area (Å²) in [5, 5.41) is 17.0. The van der Waals surface area contributed by atoms with Crippen molar-refractivity contribution in [2.24, 2.45) is 10.7 Å². The first-order valence-electron chi connectivity index (χ1n) is 8.21. The Hall–Kier alpha value is -2.70. The number of nitrogens with zero attached hydrogens (tertiary/aromatic N) is 2. The molecule has 0 unspecified atom stereocenters. The lowest BCUT2D eigenvalue weighted by molar-refractivity contribution is 0.328. The molecule has 0 radical (unpaired) electrons. The first-order chi connectivity index (χ1) is 12.5. The van der Waals surface area contributed by atoms with Crippen LogP contribution in [0.2, 0.25) is 5.02 Å². The number of nitrogens with one attached hydrogen (secondary N) is 2. The predicted octanol–water partition coefficient (Wildman–Crippen LogP) is 3.31. The maximum absolute atomic E-state index is 8.31. The van der Waals surface area contributed by atoms with Gasteiger partial charge >= 0.3 is 0 Å². The molecule has 3 rings (SSSR count). The number of rotatable bonds is 4. The molecule has 4 N–H and O–H groups in total. The third kappa shape index (κ3) is 3.61. The lowest BCUT2D eigenvalue weighted by Gasteiger charge is -2.24. The summed E-state index contributed by atoms with van der Waals surface area (Å²) in [4.78, 5) is 6.22. The van der Waals surface area contributed by atoms with Crippen molar-refractivity contribution >= 4 is 34.7 Å². The van der Waals surface area contributed by atoms with E-state index in [1.54, 1.807) is 11.8 Å². The number of benzodiazepines with no additional fused rings is 1. The molecule has 2 aromatic carbocycles. The summed E-state index contributed by atoms with van der Waals surface area (Å²) in [5.74, 6) is 1.18. The van der Waals surface area contributed by atoms with Gasteiger partial charge in [0.25, 0.3) is 0 Å². The first-order valence-corrected chi connectivity index (χ1v) is 8.59. The number of nitrogens with two attached hydrogens (primary N) is 1. The maximum atomic E-state index is 8.31. The van der Waals surface area contributed by atoms with Crippen molar-refractivity contribution in [3.05, 3.63) is 58.6 Å². The van der Waals surface area contributed by atoms with Crippen molar-refractivity contribution in [1.29, 1.82) is 10.8 Å². The molecule has 6 nitrogen and oxygen atoms in total. The van der Waals surface area contributed by atoms with Gasteiger partial charge in [-0.15, -0.1) is 0 Å². The molecule has 0 saturated heterocycles. The topological polar surface area (TPSA) is 98.5 Å². The molecule has 0 bridgehead atoms. The number of fused-ring (bicyclic) bond motifs is 1. The van der Waals surface area contributed by atoms with Gasteiger partial charge in [0.1, 0.15) is 24.0 Å². The van der Waals surface area contributed by atoms with Crippen molar-refractivity contribution in [1.82, 2.24) is 0 Å². The van der Waals surface area contributed by atoms with Gasteiger partial charge in [-0.2, -0.15) is 0 Å². The zero-order valence-electron chi connectivity index (χ0n) is 14.4. The van der Waals surface area contributed by atoms with Gasteiger partial charge < -0.3 is 10.5 Å². The quantitative estimate of drug-likeness (QED) is 0.569. The lowest BCUT2D eigenvalue weighted by atomic mass is 9.99. The van der Waals surface area contributed by atoms with Crippen molar-refractivity contribution in [3.63, 3.8) is 0 Å². The Morgan fingerprint density at radius 1 is 1.27 bits per heavy atom. The standard InChI is InChI=1S/C19H20ClN5O/c1-12(22)25-17-7-6-15(26-9-8-21)10-16(17)19(24-11-18(25)23)13-2-4-14(20)5-3-13/h2-7,10,22-23H,8-9,11,21H2,1H3. The average molecular weight is 370 g/mol. The molecule has 7 heteroatoms. The Kier molecular flexibility index (Phi) is 5.35. The molecule has 0 amide bonds. The van der Waals surface area contributed by atoms with Crippen LogP contribution in [0.1, 0.15) is 18.1 Å². The Morgan fingerprint density at radius 2 is 2.00 bits per heavy atom. The van der Waals surface area contributed by atoms with Gasteiger partial charge in [0.05, 0.1) is 17.9 Å². The molecule has 0 spiro atoms. The summed E-state index contributed by atoms with van der Waals surface area (Å²) < 4.78 is 5.66. The summed E-state index contributed by atoms with van der Waals surface area (Å²) in [6.07, 6.45) is 0. The van der Waals surface area contributed by atoms with Crippen LogP contribution in [0, 0.1) is 10.8 Å². The summed E-state index contributed by atoms with van der Waals surface area (Å²) in [5.41, 5.74) is 8.69. The Morgan fingerprint density at radius 3 is 2.65 bits per heavy atom. The second kappa shape index (κ2) is 7.68. The molecule has 0 saturated carbocycles. The van der Waals surface area contributed by atoms with E-state index in [0.717, 1.165) is 22.5 Å². The van der Waals surface area contributed by atoms with Gasteiger partial charge in [0, 0.05) is 22.7 Å². The van der Waals surface area contributed by atoms with Crippen molar-refractivity contribution in [2.45, 2.75) is 6.92 Å². The lowest BCUT2D eigenvalue weighted by Crippen LogP contribution is -2.35. The molecule has 1 heterocycles. The number of hydrogen-bond acceptors (Lipinski definition) is 5. The number of benzene rings is 2. The fourth-order valence-electron chi connectivity index (χ4n) is 2.86. The SMILES string of the molecule is CC(=N)N1C(=N)CN=C(c2ccc(Cl)cc2)c2cc(OCCN)ccc21. The highest BCUT2D eigenvalue weighted by atomic mass is 35.5. The molecule has 1 aliphatic heterocycles. The van der Waals surface area contributed by atoms with Gasteiger partial charge in [-0.05, 0) is 37.3 Å². The number of hydrogen-bond donors (Lipinski definition) is 3. The minimum atomic E-state index is 0.182. The zero-order valence-corrected chi connectivity index (χ0v) is 15.2. The second-order valence-corrected chi connectivity index (χ2v) is 6.29. The van der Waals surface area contributed by atoms with Crippen LogP contribution in [0.15, 0.2) is 47.5 Å². The third-order valence-electron chi connectivity index (χ3n) is 3.96. The van der Waals surface area contributed by atoms with Crippen LogP contribution < -0.4 is 15.4 Å². The normalized spacial score (nSPS) is 13.7. The summed E-state index contributed by atoms with van der Waals surface area (Å²) in [7, 11) is 0. The fraction of sp³-hybridized carbons (Fsp3) is 0.211. The molecule has 2 aromatic rings. The van der Waals surface area contributed by atoms with Gasteiger partial charge in [0.2, 0.25) is 0 Å². The molecule has 0 aromatic heterocycles. The molecule has 0 aliphatic carbocycles. The third-order valence-corrected chi connectivity index (χ3v) is 4.21. The Bertz CT molecular complexity index is 876. The smallest absolute Gasteiger partial charge is 0.128 e. The minimum Gasteiger partial charge on any atom is -0.492 e. The number of aliphatic imine (C=N–C) groups is 1. The summed E-state index contributed by atoms with van der Waals surface area (Å²) >= 11 is 6.01. The Labute approximate surface area is 157 Å². The van der Waals surface area contributed by atoms with Crippen molar-refractivity contribution in [3.8, 4) is 5.75 Å². The fourth-order valence-corrected chi connectivity index (χ4v) is 2.99. The van der Waals surface area contributed by atoms with E-state index in [1.165, 1.54) is 0 Å². The molecule has 1 aliphatic rings. The minimum absolute atomic E-state index is 0.182. The number of ether oxygens (including phenoxy) is 1. The van der Waals surface area contributed by atoms with Crippen molar-refractivity contribution in [2.75, 3.05) is 24.6 Å². The van der Waals surface area contributed by atoms with Crippen LogP contribution >= 0.6 is 11.6 Å². The van der Waals surface area contributed by atoms with Gasteiger partial charge in [0.15, 0.2) is 0 Å². The van der Waals surface area contributed by atoms with Crippen LogP contribution in [0.5, 0.6) is 5.75 Å². The van der Waals surface area contributed by atoms with E-state index < -0.39 is 0 Å². The van der Waals surface area contributed by atoms with Gasteiger partial charge in [-0.1, -0.05) is 23.7 Å². The highest BCUT2D eigenvalue weighted by Crippen LogP contribution is 2.31. The predicted molar refractivity (Wildman–Crippen MR) is 107 cm³/mol. The zero-order chi connectivity index (χ0) is 18.7. The van der Waals surface area contributed by atoms with Crippen LogP contribution in [0.4, 0.5) is 5.69 Å². The maximum Gasteiger partial charge on any atom is 0.128 e. The van der Waals surface area contributed by atoms with Crippen LogP contribution in [0.3, 0.4) is 0 Å². The van der Waals surface area contributed by atoms with E-state index in [9.17, 15) is 0 Å². The van der Waals surface area contributed by atoms with E-state index >= 15 is 0 Å². The number of anilines is 1. The number of halogens is 1. The molecule has 0 fully saturated rings. The van der Waals surface area contributed by atoms with Crippen LogP contribution in [-0.2, 0) is 0 Å². The molecule has 26 heavy (non-hydrogen) atoms.